The number of fused-ring (bicyclic) bond motifs is 1. The van der Waals surface area contributed by atoms with Crippen molar-refractivity contribution in [2.75, 3.05) is 0 Å². The summed E-state index contributed by atoms with van der Waals surface area (Å²) in [4.78, 5) is 14.2. The van der Waals surface area contributed by atoms with Crippen molar-refractivity contribution in [3.8, 4) is 0 Å². The minimum absolute atomic E-state index is 0.0515. The van der Waals surface area contributed by atoms with Crippen LogP contribution in [0.15, 0.2) is 58.4 Å². The van der Waals surface area contributed by atoms with Crippen LogP contribution in [0, 0.1) is 6.92 Å². The van der Waals surface area contributed by atoms with Crippen LogP contribution in [-0.2, 0) is 10.0 Å². The van der Waals surface area contributed by atoms with Gasteiger partial charge in [-0.05, 0) is 36.8 Å². The molecule has 1 heterocycles. The first-order chi connectivity index (χ1) is 12.4. The maximum atomic E-state index is 12.2. The first-order valence-corrected chi connectivity index (χ1v) is 9.52. The van der Waals surface area contributed by atoms with Crippen molar-refractivity contribution in [3.63, 3.8) is 0 Å². The molecule has 134 valence electrons. The van der Waals surface area contributed by atoms with E-state index in [1.807, 2.05) is 17.0 Å². The molecule has 0 saturated carbocycles. The molecule has 0 aliphatic carbocycles. The van der Waals surface area contributed by atoms with E-state index in [0.717, 1.165) is 10.8 Å². The van der Waals surface area contributed by atoms with Crippen molar-refractivity contribution in [3.05, 3.63) is 75.8 Å². The molecule has 6 nitrogen and oxygen atoms in total. The van der Waals surface area contributed by atoms with Gasteiger partial charge in [-0.2, -0.15) is 0 Å². The van der Waals surface area contributed by atoms with E-state index in [-0.39, 0.29) is 5.76 Å². The molecule has 0 bridgehead atoms. The molecule has 1 amide bonds. The first-order valence-electron chi connectivity index (χ1n) is 7.60. The summed E-state index contributed by atoms with van der Waals surface area (Å²) in [6.07, 6.45) is 1.39. The number of nitrogens with one attached hydrogen (secondary N) is 2. The predicted molar refractivity (Wildman–Crippen MR) is 101 cm³/mol. The fraction of sp³-hybridized carbons (Fsp3) is 0.0556. The van der Waals surface area contributed by atoms with Gasteiger partial charge in [0.25, 0.3) is 10.0 Å². The minimum Gasteiger partial charge on any atom is -0.451 e. The Balaban J connectivity index is 1.69. The molecule has 2 aromatic carbocycles. The number of carbonyl (C=O) groups excluding carboxylic acids is 1. The summed E-state index contributed by atoms with van der Waals surface area (Å²) >= 11 is 5.78. The molecule has 0 unspecified atom stereocenters. The van der Waals surface area contributed by atoms with E-state index in [2.05, 4.69) is 5.43 Å². The number of benzene rings is 2. The summed E-state index contributed by atoms with van der Waals surface area (Å²) in [5, 5.41) is 2.29. The van der Waals surface area contributed by atoms with Crippen molar-refractivity contribution >= 4 is 44.6 Å². The Labute approximate surface area is 155 Å². The highest BCUT2D eigenvalue weighted by molar-refractivity contribution is 7.92. The van der Waals surface area contributed by atoms with Crippen LogP contribution >= 0.6 is 11.6 Å². The lowest BCUT2D eigenvalue weighted by Crippen LogP contribution is -2.40. The lowest BCUT2D eigenvalue weighted by atomic mass is 10.1. The summed E-state index contributed by atoms with van der Waals surface area (Å²) < 4.78 is 29.5. The van der Waals surface area contributed by atoms with Gasteiger partial charge in [-0.25, -0.2) is 8.42 Å². The van der Waals surface area contributed by atoms with Crippen LogP contribution in [-0.4, -0.2) is 14.3 Å². The number of hydrazine groups is 1. The summed E-state index contributed by atoms with van der Waals surface area (Å²) in [5.74, 6) is -0.627. The third kappa shape index (κ3) is 4.13. The second kappa shape index (κ2) is 7.33. The molecule has 0 spiro atoms. The zero-order valence-corrected chi connectivity index (χ0v) is 15.3. The molecule has 0 aliphatic heterocycles. The standard InChI is InChI=1S/C18H15ClN2O4S/c1-12-15-4-2-3-5-16(15)25-17(12)18(22)20-21-26(23,24)11-10-13-6-8-14(19)9-7-13/h2-11,21H,1H3,(H,20,22)/b11-10+. The molecule has 0 atom stereocenters. The molecule has 3 aromatic rings. The van der Waals surface area contributed by atoms with Crippen molar-refractivity contribution in [2.24, 2.45) is 0 Å². The number of furan rings is 1. The van der Waals surface area contributed by atoms with Gasteiger partial charge in [0.1, 0.15) is 5.58 Å². The van der Waals surface area contributed by atoms with E-state index in [1.165, 1.54) is 6.08 Å². The molecular formula is C18H15ClN2O4S. The molecular weight excluding hydrogens is 376 g/mol. The van der Waals surface area contributed by atoms with Crippen LogP contribution in [0.5, 0.6) is 0 Å². The van der Waals surface area contributed by atoms with Gasteiger partial charge in [0, 0.05) is 21.4 Å². The highest BCUT2D eigenvalue weighted by atomic mass is 35.5. The molecule has 8 heteroatoms. The maximum Gasteiger partial charge on any atom is 0.302 e. The number of amides is 1. The van der Waals surface area contributed by atoms with Gasteiger partial charge in [0.2, 0.25) is 0 Å². The molecule has 2 N–H and O–H groups in total. The van der Waals surface area contributed by atoms with Crippen molar-refractivity contribution < 1.29 is 17.6 Å². The summed E-state index contributed by atoms with van der Waals surface area (Å²) in [5.41, 5.74) is 3.98. The third-order valence-electron chi connectivity index (χ3n) is 3.67. The van der Waals surface area contributed by atoms with E-state index in [0.29, 0.717) is 21.7 Å². The Kier molecular flexibility index (Phi) is 5.13. The number of aryl methyl sites for hydroxylation is 1. The number of halogens is 1. The van der Waals surface area contributed by atoms with Gasteiger partial charge >= 0.3 is 5.91 Å². The van der Waals surface area contributed by atoms with Gasteiger partial charge in [0.05, 0.1) is 0 Å². The number of hydrogen-bond donors (Lipinski definition) is 2. The summed E-state index contributed by atoms with van der Waals surface area (Å²) in [6, 6.07) is 13.8. The number of rotatable bonds is 5. The van der Waals surface area contributed by atoms with Crippen molar-refractivity contribution in [1.82, 2.24) is 10.3 Å². The van der Waals surface area contributed by atoms with E-state index in [4.69, 9.17) is 16.0 Å². The second-order valence-electron chi connectivity index (χ2n) is 5.51. The molecule has 3 rings (SSSR count). The average Bonchev–Trinajstić information content (AvgIpc) is 2.97. The molecule has 0 aliphatic rings. The smallest absolute Gasteiger partial charge is 0.302 e. The van der Waals surface area contributed by atoms with Gasteiger partial charge in [-0.3, -0.25) is 10.2 Å². The molecule has 0 radical (unpaired) electrons. The van der Waals surface area contributed by atoms with Crippen LogP contribution in [0.4, 0.5) is 0 Å². The van der Waals surface area contributed by atoms with Gasteiger partial charge in [0.15, 0.2) is 5.76 Å². The van der Waals surface area contributed by atoms with Gasteiger partial charge in [-0.1, -0.05) is 41.9 Å². The van der Waals surface area contributed by atoms with E-state index < -0.39 is 15.9 Å². The Bertz CT molecular complexity index is 1090. The highest BCUT2D eigenvalue weighted by Gasteiger charge is 2.18. The van der Waals surface area contributed by atoms with Crippen LogP contribution < -0.4 is 10.3 Å². The molecule has 1 aromatic heterocycles. The summed E-state index contributed by atoms with van der Waals surface area (Å²) in [7, 11) is -3.87. The summed E-state index contributed by atoms with van der Waals surface area (Å²) in [6.45, 7) is 1.73. The number of hydrogen-bond acceptors (Lipinski definition) is 4. The second-order valence-corrected chi connectivity index (χ2v) is 7.51. The van der Waals surface area contributed by atoms with E-state index in [1.54, 1.807) is 43.3 Å². The number of sulfonamides is 1. The Morgan fingerprint density at radius 1 is 1.12 bits per heavy atom. The van der Waals surface area contributed by atoms with E-state index >= 15 is 0 Å². The van der Waals surface area contributed by atoms with Crippen LogP contribution in [0.3, 0.4) is 0 Å². The lowest BCUT2D eigenvalue weighted by molar-refractivity contribution is 0.0919. The highest BCUT2D eigenvalue weighted by Crippen LogP contribution is 2.24. The minimum atomic E-state index is -3.87. The SMILES string of the molecule is Cc1c(C(=O)NNS(=O)(=O)/C=C/c2ccc(Cl)cc2)oc2ccccc12. The zero-order valence-electron chi connectivity index (χ0n) is 13.7. The quantitative estimate of drug-likeness (QED) is 0.651. The zero-order chi connectivity index (χ0) is 18.7. The van der Waals surface area contributed by atoms with Crippen LogP contribution in [0.2, 0.25) is 5.02 Å². The predicted octanol–water partition coefficient (Wildman–Crippen LogP) is 3.63. The molecule has 0 saturated heterocycles. The monoisotopic (exact) mass is 390 g/mol. The number of carbonyl (C=O) groups is 1. The normalized spacial score (nSPS) is 11.9. The average molecular weight is 391 g/mol. The van der Waals surface area contributed by atoms with Crippen LogP contribution in [0.1, 0.15) is 21.7 Å². The first kappa shape index (κ1) is 18.2. The maximum absolute atomic E-state index is 12.2. The third-order valence-corrected chi connectivity index (χ3v) is 4.80. The van der Waals surface area contributed by atoms with Crippen LogP contribution in [0.25, 0.3) is 17.0 Å². The topological polar surface area (TPSA) is 88.4 Å². The molecule has 0 fully saturated rings. The van der Waals surface area contributed by atoms with Gasteiger partial charge < -0.3 is 4.42 Å². The lowest BCUT2D eigenvalue weighted by Gasteiger charge is -2.04. The Hall–Kier alpha value is -2.61. The van der Waals surface area contributed by atoms with Gasteiger partial charge in [-0.15, -0.1) is 4.83 Å². The van der Waals surface area contributed by atoms with E-state index in [9.17, 15) is 13.2 Å². The van der Waals surface area contributed by atoms with Crippen molar-refractivity contribution in [1.29, 1.82) is 0 Å². The fourth-order valence-corrected chi connectivity index (χ4v) is 3.11. The molecule has 26 heavy (non-hydrogen) atoms. The number of para-hydroxylation sites is 1. The Morgan fingerprint density at radius 3 is 2.50 bits per heavy atom. The fourth-order valence-electron chi connectivity index (χ4n) is 2.34. The Morgan fingerprint density at radius 2 is 1.81 bits per heavy atom. The van der Waals surface area contributed by atoms with Crippen molar-refractivity contribution in [2.45, 2.75) is 6.92 Å². The largest absolute Gasteiger partial charge is 0.451 e.